The van der Waals surface area contributed by atoms with Crippen LogP contribution in [0.15, 0.2) is 23.2 Å². The van der Waals surface area contributed by atoms with E-state index < -0.39 is 5.79 Å². The van der Waals surface area contributed by atoms with E-state index in [4.69, 9.17) is 9.47 Å². The number of anilines is 1. The Bertz CT molecular complexity index is 552. The topological polar surface area (TPSA) is 34.1 Å². The molecule has 19 heavy (non-hydrogen) atoms. The van der Waals surface area contributed by atoms with Crippen LogP contribution in [-0.2, 0) is 15.3 Å². The first kappa shape index (κ1) is 11.4. The van der Waals surface area contributed by atoms with Crippen molar-refractivity contribution < 1.29 is 13.9 Å². The Morgan fingerprint density at radius 1 is 1.21 bits per heavy atom. The van der Waals surface area contributed by atoms with Crippen LogP contribution in [0.1, 0.15) is 18.4 Å². The fourth-order valence-corrected chi connectivity index (χ4v) is 3.07. The molecular formula is C14H15FN2O2. The van der Waals surface area contributed by atoms with Gasteiger partial charge in [0.15, 0.2) is 5.84 Å². The van der Waals surface area contributed by atoms with Gasteiger partial charge in [0.2, 0.25) is 0 Å². The first-order chi connectivity index (χ1) is 9.31. The Labute approximate surface area is 110 Å². The molecule has 0 aliphatic carbocycles. The third-order valence-corrected chi connectivity index (χ3v) is 3.85. The summed E-state index contributed by atoms with van der Waals surface area (Å²) in [7, 11) is 0. The molecule has 0 aromatic heterocycles. The minimum absolute atomic E-state index is 0.267. The summed E-state index contributed by atoms with van der Waals surface area (Å²) in [5, 5.41) is 0. The van der Waals surface area contributed by atoms with Crippen LogP contribution in [0.25, 0.3) is 0 Å². The van der Waals surface area contributed by atoms with Crippen LogP contribution in [-0.4, -0.2) is 32.1 Å². The second-order valence-electron chi connectivity index (χ2n) is 5.04. The summed E-state index contributed by atoms with van der Waals surface area (Å²) >= 11 is 0. The number of amidine groups is 1. The molecule has 1 aromatic rings. The molecule has 3 aliphatic rings. The van der Waals surface area contributed by atoms with Crippen molar-refractivity contribution in [3.05, 3.63) is 29.6 Å². The monoisotopic (exact) mass is 262 g/mol. The second kappa shape index (κ2) is 4.02. The lowest BCUT2D eigenvalue weighted by Gasteiger charge is -2.36. The van der Waals surface area contributed by atoms with Crippen LogP contribution in [0.2, 0.25) is 0 Å². The highest BCUT2D eigenvalue weighted by molar-refractivity contribution is 6.10. The third-order valence-electron chi connectivity index (χ3n) is 3.85. The van der Waals surface area contributed by atoms with E-state index in [2.05, 4.69) is 9.89 Å². The summed E-state index contributed by atoms with van der Waals surface area (Å²) in [6.45, 7) is 2.88. The molecule has 3 aliphatic heterocycles. The predicted molar refractivity (Wildman–Crippen MR) is 68.9 cm³/mol. The van der Waals surface area contributed by atoms with Crippen molar-refractivity contribution in [3.8, 4) is 0 Å². The molecule has 4 nitrogen and oxygen atoms in total. The molecule has 100 valence electrons. The zero-order valence-electron chi connectivity index (χ0n) is 10.6. The average Bonchev–Trinajstić information content (AvgIpc) is 2.71. The maximum atomic E-state index is 13.6. The molecule has 1 spiro atoms. The van der Waals surface area contributed by atoms with Gasteiger partial charge in [-0.3, -0.25) is 4.99 Å². The zero-order valence-corrected chi connectivity index (χ0v) is 10.6. The van der Waals surface area contributed by atoms with E-state index in [1.165, 1.54) is 12.1 Å². The van der Waals surface area contributed by atoms with E-state index in [9.17, 15) is 4.39 Å². The molecule has 1 aromatic carbocycles. The summed E-state index contributed by atoms with van der Waals surface area (Å²) in [6, 6.07) is 4.79. The first-order valence-electron chi connectivity index (χ1n) is 6.72. The van der Waals surface area contributed by atoms with Gasteiger partial charge in [-0.2, -0.15) is 0 Å². The highest BCUT2D eigenvalue weighted by Crippen LogP contribution is 2.46. The third kappa shape index (κ3) is 1.48. The molecule has 0 atom stereocenters. The fraction of sp³-hybridized carbons (Fsp3) is 0.500. The lowest BCUT2D eigenvalue weighted by atomic mass is 10.1. The van der Waals surface area contributed by atoms with Crippen molar-refractivity contribution in [1.82, 2.24) is 0 Å². The zero-order chi connectivity index (χ0) is 12.9. The highest BCUT2D eigenvalue weighted by Gasteiger charge is 2.53. The molecule has 0 amide bonds. The molecule has 0 N–H and O–H groups in total. The van der Waals surface area contributed by atoms with Crippen LogP contribution in [0, 0.1) is 5.82 Å². The standard InChI is InChI=1S/C14H15FN2O2/c15-10-3-4-12-11(9-10)14(18-7-2-8-19-14)13-16-5-1-6-17(12)13/h3-4,9H,1-2,5-8H2. The number of halogens is 1. The maximum Gasteiger partial charge on any atom is 0.257 e. The minimum Gasteiger partial charge on any atom is -0.340 e. The quantitative estimate of drug-likeness (QED) is 0.717. The van der Waals surface area contributed by atoms with Crippen molar-refractivity contribution in [2.45, 2.75) is 18.6 Å². The van der Waals surface area contributed by atoms with E-state index in [1.54, 1.807) is 6.07 Å². The van der Waals surface area contributed by atoms with E-state index >= 15 is 0 Å². The van der Waals surface area contributed by atoms with Crippen LogP contribution >= 0.6 is 0 Å². The number of fused-ring (bicyclic) bond motifs is 5. The molecule has 0 radical (unpaired) electrons. The Balaban J connectivity index is 1.93. The van der Waals surface area contributed by atoms with E-state index in [1.807, 2.05) is 0 Å². The Kier molecular flexibility index (Phi) is 2.40. The predicted octanol–water partition coefficient (Wildman–Crippen LogP) is 2.04. The van der Waals surface area contributed by atoms with Gasteiger partial charge in [0, 0.05) is 18.7 Å². The van der Waals surface area contributed by atoms with Crippen molar-refractivity contribution in [2.75, 3.05) is 31.2 Å². The fourth-order valence-electron chi connectivity index (χ4n) is 3.07. The number of hydrogen-bond donors (Lipinski definition) is 0. The van der Waals surface area contributed by atoms with Gasteiger partial charge in [0.25, 0.3) is 5.79 Å². The Morgan fingerprint density at radius 3 is 2.89 bits per heavy atom. The molecule has 3 heterocycles. The lowest BCUT2D eigenvalue weighted by Crippen LogP contribution is -2.49. The number of rotatable bonds is 0. The SMILES string of the molecule is Fc1ccc2c(c1)C1(OCCCO1)C1=NCCCN12. The van der Waals surface area contributed by atoms with E-state index in [0.717, 1.165) is 43.0 Å². The summed E-state index contributed by atoms with van der Waals surface area (Å²) in [4.78, 5) is 6.68. The molecule has 0 unspecified atom stereocenters. The molecule has 5 heteroatoms. The van der Waals surface area contributed by atoms with Crippen molar-refractivity contribution in [2.24, 2.45) is 4.99 Å². The van der Waals surface area contributed by atoms with Crippen molar-refractivity contribution >= 4 is 11.5 Å². The van der Waals surface area contributed by atoms with Gasteiger partial charge >= 0.3 is 0 Å². The van der Waals surface area contributed by atoms with Gasteiger partial charge in [-0.15, -0.1) is 0 Å². The molecular weight excluding hydrogens is 247 g/mol. The smallest absolute Gasteiger partial charge is 0.257 e. The van der Waals surface area contributed by atoms with Crippen molar-refractivity contribution in [3.63, 3.8) is 0 Å². The number of benzene rings is 1. The molecule has 0 bridgehead atoms. The number of nitrogens with zero attached hydrogens (tertiary/aromatic N) is 2. The molecule has 0 saturated carbocycles. The van der Waals surface area contributed by atoms with Gasteiger partial charge in [-0.25, -0.2) is 4.39 Å². The first-order valence-corrected chi connectivity index (χ1v) is 6.72. The molecule has 1 saturated heterocycles. The van der Waals surface area contributed by atoms with E-state index in [-0.39, 0.29) is 5.82 Å². The van der Waals surface area contributed by atoms with Crippen LogP contribution < -0.4 is 4.90 Å². The summed E-state index contributed by atoms with van der Waals surface area (Å²) in [5.74, 6) is -0.453. The Hall–Kier alpha value is -1.46. The minimum atomic E-state index is -0.976. The summed E-state index contributed by atoms with van der Waals surface area (Å²) in [5.41, 5.74) is 1.72. The summed E-state index contributed by atoms with van der Waals surface area (Å²) in [6.07, 6.45) is 1.86. The largest absolute Gasteiger partial charge is 0.340 e. The molecule has 4 rings (SSSR count). The highest BCUT2D eigenvalue weighted by atomic mass is 19.1. The van der Waals surface area contributed by atoms with Gasteiger partial charge in [-0.05, 0) is 31.0 Å². The number of hydrogen-bond acceptors (Lipinski definition) is 4. The van der Waals surface area contributed by atoms with Gasteiger partial charge < -0.3 is 14.4 Å². The number of ether oxygens (including phenoxy) is 2. The normalized spacial score (nSPS) is 24.1. The lowest BCUT2D eigenvalue weighted by molar-refractivity contribution is -0.228. The maximum absolute atomic E-state index is 13.6. The Morgan fingerprint density at radius 2 is 2.05 bits per heavy atom. The number of aliphatic imine (C=N–C) groups is 1. The van der Waals surface area contributed by atoms with Gasteiger partial charge in [0.05, 0.1) is 18.9 Å². The van der Waals surface area contributed by atoms with E-state index in [0.29, 0.717) is 13.2 Å². The summed E-state index contributed by atoms with van der Waals surface area (Å²) < 4.78 is 25.4. The van der Waals surface area contributed by atoms with Gasteiger partial charge in [0.1, 0.15) is 5.82 Å². The average molecular weight is 262 g/mol. The van der Waals surface area contributed by atoms with Crippen LogP contribution in [0.5, 0.6) is 0 Å². The molecule has 1 fully saturated rings. The van der Waals surface area contributed by atoms with Gasteiger partial charge in [-0.1, -0.05) is 0 Å². The van der Waals surface area contributed by atoms with Crippen LogP contribution in [0.4, 0.5) is 10.1 Å². The van der Waals surface area contributed by atoms with Crippen molar-refractivity contribution in [1.29, 1.82) is 0 Å². The second-order valence-corrected chi connectivity index (χ2v) is 5.04. The van der Waals surface area contributed by atoms with Crippen LogP contribution in [0.3, 0.4) is 0 Å².